The number of amides is 2. The van der Waals surface area contributed by atoms with Gasteiger partial charge in [0.25, 0.3) is 5.91 Å². The van der Waals surface area contributed by atoms with Crippen LogP contribution in [0.3, 0.4) is 0 Å². The Hall–Kier alpha value is -2.96. The molecule has 0 saturated heterocycles. The lowest BCUT2D eigenvalue weighted by atomic mass is 9.87. The fraction of sp³-hybridized carbons (Fsp3) is 0.333. The van der Waals surface area contributed by atoms with Gasteiger partial charge in [-0.1, -0.05) is 39.0 Å². The molecule has 0 bridgehead atoms. The Bertz CT molecular complexity index is 846. The van der Waals surface area contributed by atoms with Gasteiger partial charge < -0.3 is 15.4 Å². The Morgan fingerprint density at radius 3 is 2.21 bits per heavy atom. The molecule has 2 amide bonds. The summed E-state index contributed by atoms with van der Waals surface area (Å²) in [7, 11) is 1.38. The van der Waals surface area contributed by atoms with Gasteiger partial charge in [-0.3, -0.25) is 9.59 Å². The molecule has 0 heterocycles. The Balaban J connectivity index is 2.03. The summed E-state index contributed by atoms with van der Waals surface area (Å²) in [4.78, 5) is 24.3. The third kappa shape index (κ3) is 5.52. The van der Waals surface area contributed by atoms with E-state index in [2.05, 4.69) is 31.4 Å². The molecule has 0 aliphatic carbocycles. The molecule has 1 atom stereocenters. The summed E-state index contributed by atoms with van der Waals surface area (Å²) in [6, 6.07) is 9.22. The number of likely N-dealkylation sites (N-methyl/N-ethyl adjacent to an activating group) is 1. The molecule has 28 heavy (non-hydrogen) atoms. The van der Waals surface area contributed by atoms with Gasteiger partial charge in [-0.05, 0) is 40.8 Å². The number of carbonyl (C=O) groups is 2. The predicted molar refractivity (Wildman–Crippen MR) is 102 cm³/mol. The van der Waals surface area contributed by atoms with E-state index < -0.39 is 29.5 Å². The number of halogens is 2. The van der Waals surface area contributed by atoms with Crippen molar-refractivity contribution >= 4 is 11.8 Å². The molecule has 2 rings (SSSR count). The van der Waals surface area contributed by atoms with Gasteiger partial charge >= 0.3 is 0 Å². The number of rotatable bonds is 6. The summed E-state index contributed by atoms with van der Waals surface area (Å²) < 4.78 is 32.1. The van der Waals surface area contributed by atoms with Crippen molar-refractivity contribution in [2.24, 2.45) is 0 Å². The molecule has 0 aromatic heterocycles. The van der Waals surface area contributed by atoms with Gasteiger partial charge in [0, 0.05) is 7.05 Å². The molecule has 7 heteroatoms. The van der Waals surface area contributed by atoms with Crippen molar-refractivity contribution in [3.05, 3.63) is 65.2 Å². The average Bonchev–Trinajstić information content (AvgIpc) is 2.65. The van der Waals surface area contributed by atoms with Crippen molar-refractivity contribution in [2.45, 2.75) is 32.2 Å². The molecule has 0 fully saturated rings. The van der Waals surface area contributed by atoms with Crippen molar-refractivity contribution in [3.63, 3.8) is 0 Å². The normalized spacial score (nSPS) is 12.2. The van der Waals surface area contributed by atoms with E-state index in [1.807, 2.05) is 12.1 Å². The van der Waals surface area contributed by atoms with E-state index in [0.29, 0.717) is 5.75 Å². The van der Waals surface area contributed by atoms with Crippen LogP contribution in [0.1, 0.15) is 37.9 Å². The molecule has 5 nitrogen and oxygen atoms in total. The second-order valence-electron chi connectivity index (χ2n) is 7.35. The minimum absolute atomic E-state index is 0.00106. The summed E-state index contributed by atoms with van der Waals surface area (Å²) in [5.74, 6) is -2.76. The quantitative estimate of drug-likeness (QED) is 0.796. The minimum Gasteiger partial charge on any atom is -0.484 e. The fourth-order valence-electron chi connectivity index (χ4n) is 2.54. The zero-order chi connectivity index (χ0) is 20.9. The van der Waals surface area contributed by atoms with E-state index in [0.717, 1.165) is 17.7 Å². The van der Waals surface area contributed by atoms with Crippen molar-refractivity contribution in [3.8, 4) is 5.75 Å². The number of nitrogens with one attached hydrogen (secondary N) is 2. The first-order valence-electron chi connectivity index (χ1n) is 8.81. The van der Waals surface area contributed by atoms with E-state index in [1.165, 1.54) is 13.1 Å². The molecule has 150 valence electrons. The lowest BCUT2D eigenvalue weighted by Gasteiger charge is -2.20. The maximum atomic E-state index is 13.5. The van der Waals surface area contributed by atoms with Crippen LogP contribution in [0.4, 0.5) is 8.78 Å². The number of benzene rings is 2. The van der Waals surface area contributed by atoms with Gasteiger partial charge in [-0.15, -0.1) is 0 Å². The Labute approximate surface area is 163 Å². The van der Waals surface area contributed by atoms with E-state index in [1.54, 1.807) is 12.1 Å². The van der Waals surface area contributed by atoms with Crippen molar-refractivity contribution in [2.75, 3.05) is 13.7 Å². The van der Waals surface area contributed by atoms with Crippen LogP contribution in [-0.4, -0.2) is 25.5 Å². The van der Waals surface area contributed by atoms with Gasteiger partial charge in [-0.25, -0.2) is 8.78 Å². The molecule has 0 saturated carbocycles. The Morgan fingerprint density at radius 1 is 1.04 bits per heavy atom. The maximum Gasteiger partial charge on any atom is 0.258 e. The van der Waals surface area contributed by atoms with Crippen LogP contribution in [0.5, 0.6) is 5.75 Å². The topological polar surface area (TPSA) is 67.4 Å². The molecule has 0 aliphatic rings. The molecule has 0 radical (unpaired) electrons. The van der Waals surface area contributed by atoms with Crippen LogP contribution in [0.25, 0.3) is 0 Å². The average molecular weight is 390 g/mol. The number of ether oxygens (including phenoxy) is 1. The highest BCUT2D eigenvalue weighted by molar-refractivity contribution is 5.89. The van der Waals surface area contributed by atoms with Crippen LogP contribution < -0.4 is 15.4 Å². The molecule has 2 aromatic carbocycles. The van der Waals surface area contributed by atoms with E-state index in [-0.39, 0.29) is 17.6 Å². The first-order chi connectivity index (χ1) is 13.1. The summed E-state index contributed by atoms with van der Waals surface area (Å²) in [6.07, 6.45) is 0. The van der Waals surface area contributed by atoms with Crippen molar-refractivity contribution < 1.29 is 23.1 Å². The van der Waals surface area contributed by atoms with Gasteiger partial charge in [0.05, 0.1) is 0 Å². The molecule has 0 aliphatic heterocycles. The number of hydrogen-bond acceptors (Lipinski definition) is 3. The maximum absolute atomic E-state index is 13.5. The first kappa shape index (κ1) is 21.3. The molecule has 2 aromatic rings. The fourth-order valence-corrected chi connectivity index (χ4v) is 2.54. The highest BCUT2D eigenvalue weighted by Gasteiger charge is 2.23. The summed E-state index contributed by atoms with van der Waals surface area (Å²) in [5.41, 5.74) is 1.25. The van der Waals surface area contributed by atoms with Gasteiger partial charge in [0.1, 0.15) is 11.8 Å². The molecular weight excluding hydrogens is 366 g/mol. The number of carbonyl (C=O) groups excluding carboxylic acids is 2. The lowest BCUT2D eigenvalue weighted by Crippen LogP contribution is -2.41. The Kier molecular flexibility index (Phi) is 6.72. The third-order valence-electron chi connectivity index (χ3n) is 4.18. The number of hydrogen-bond donors (Lipinski definition) is 2. The second-order valence-corrected chi connectivity index (χ2v) is 7.35. The second kappa shape index (κ2) is 8.82. The van der Waals surface area contributed by atoms with Gasteiger partial charge in [-0.2, -0.15) is 0 Å². The van der Waals surface area contributed by atoms with Gasteiger partial charge in [0.15, 0.2) is 18.2 Å². The monoisotopic (exact) mass is 390 g/mol. The molecule has 2 N–H and O–H groups in total. The predicted octanol–water partition coefficient (Wildman–Crippen LogP) is 3.24. The standard InChI is InChI=1S/C21H24F2N2O3/c1-21(2,3)14-6-8-15(9-7-14)28-12-18(26)25-19(20(27)24-4)13-5-10-16(22)17(23)11-13/h5-11,19H,12H2,1-4H3,(H,24,27)(H,25,26). The van der Waals surface area contributed by atoms with Crippen LogP contribution in [0, 0.1) is 11.6 Å². The minimum atomic E-state index is -1.17. The van der Waals surface area contributed by atoms with Crippen LogP contribution >= 0.6 is 0 Å². The Morgan fingerprint density at radius 2 is 1.68 bits per heavy atom. The summed E-state index contributed by atoms with van der Waals surface area (Å²) >= 11 is 0. The summed E-state index contributed by atoms with van der Waals surface area (Å²) in [6.45, 7) is 5.95. The molecule has 1 unspecified atom stereocenters. The lowest BCUT2D eigenvalue weighted by molar-refractivity contribution is -0.129. The van der Waals surface area contributed by atoms with Crippen molar-refractivity contribution in [1.29, 1.82) is 0 Å². The zero-order valence-corrected chi connectivity index (χ0v) is 16.3. The summed E-state index contributed by atoms with van der Waals surface area (Å²) in [5, 5.41) is 4.86. The van der Waals surface area contributed by atoms with E-state index in [9.17, 15) is 18.4 Å². The van der Waals surface area contributed by atoms with Crippen molar-refractivity contribution in [1.82, 2.24) is 10.6 Å². The van der Waals surface area contributed by atoms with Gasteiger partial charge in [0.2, 0.25) is 5.91 Å². The SMILES string of the molecule is CNC(=O)C(NC(=O)COc1ccc(C(C)(C)C)cc1)c1ccc(F)c(F)c1. The van der Waals surface area contributed by atoms with Crippen LogP contribution in [0.15, 0.2) is 42.5 Å². The van der Waals surface area contributed by atoms with Crippen LogP contribution in [0.2, 0.25) is 0 Å². The first-order valence-corrected chi connectivity index (χ1v) is 8.81. The highest BCUT2D eigenvalue weighted by Crippen LogP contribution is 2.24. The third-order valence-corrected chi connectivity index (χ3v) is 4.18. The zero-order valence-electron chi connectivity index (χ0n) is 16.3. The highest BCUT2D eigenvalue weighted by atomic mass is 19.2. The van der Waals surface area contributed by atoms with E-state index >= 15 is 0 Å². The van der Waals surface area contributed by atoms with Crippen LogP contribution in [-0.2, 0) is 15.0 Å². The molecule has 0 spiro atoms. The smallest absolute Gasteiger partial charge is 0.258 e. The van der Waals surface area contributed by atoms with E-state index in [4.69, 9.17) is 4.74 Å². The molecular formula is C21H24F2N2O3. The largest absolute Gasteiger partial charge is 0.484 e.